The molecule has 1 heteroatoms. The first kappa shape index (κ1) is 15.9. The smallest absolute Gasteiger partial charge is 0.133 e. The molecule has 23 heavy (non-hydrogen) atoms. The largest absolute Gasteiger partial charge is 0.300 e. The number of Topliss-reactive ketones (excluding diaryl/α,β-unsaturated/α-hetero) is 1. The highest BCUT2D eigenvalue weighted by Crippen LogP contribution is 2.67. The molecule has 0 saturated heterocycles. The molecule has 7 unspecified atom stereocenters. The minimum Gasteiger partial charge on any atom is -0.300 e. The molecule has 128 valence electrons. The quantitative estimate of drug-likeness (QED) is 0.560. The van der Waals surface area contributed by atoms with Gasteiger partial charge >= 0.3 is 0 Å². The molecular weight excluding hydrogens is 280 g/mol. The van der Waals surface area contributed by atoms with E-state index in [1.807, 2.05) is 0 Å². The molecule has 0 spiro atoms. The number of rotatable bonds is 1. The molecule has 1 nitrogen and oxygen atoms in total. The van der Waals surface area contributed by atoms with Crippen LogP contribution in [0.1, 0.15) is 79.1 Å². The first-order valence-corrected chi connectivity index (χ1v) is 10.1. The van der Waals surface area contributed by atoms with Crippen LogP contribution in [-0.2, 0) is 4.79 Å². The summed E-state index contributed by atoms with van der Waals surface area (Å²) in [7, 11) is 0. The van der Waals surface area contributed by atoms with E-state index in [9.17, 15) is 4.79 Å². The standard InChI is InChI=1S/C22H34O/c1-5-15-6-7-18-17-12-14(2)20-13-16(23)8-10-22(20,4)19(17)9-11-21(15,18)3/h6,14,17-20H,5,7-13H2,1-4H3. The highest BCUT2D eigenvalue weighted by Gasteiger charge is 2.59. The van der Waals surface area contributed by atoms with E-state index in [1.165, 1.54) is 38.5 Å². The zero-order valence-corrected chi connectivity index (χ0v) is 15.5. The van der Waals surface area contributed by atoms with Crippen molar-refractivity contribution in [1.82, 2.24) is 0 Å². The molecular formula is C22H34O. The molecule has 0 aromatic heterocycles. The summed E-state index contributed by atoms with van der Waals surface area (Å²) in [6.45, 7) is 9.93. The lowest BCUT2D eigenvalue weighted by Gasteiger charge is -2.62. The molecule has 0 heterocycles. The van der Waals surface area contributed by atoms with Crippen molar-refractivity contribution in [3.63, 3.8) is 0 Å². The molecule has 0 aromatic rings. The first-order valence-electron chi connectivity index (χ1n) is 10.1. The van der Waals surface area contributed by atoms with Crippen LogP contribution in [-0.4, -0.2) is 5.78 Å². The SMILES string of the molecule is CCC1=CCC2C3CC(C)C4CC(=O)CCC4(C)C3CCC12C. The second kappa shape index (κ2) is 5.20. The van der Waals surface area contributed by atoms with Crippen molar-refractivity contribution in [2.24, 2.45) is 40.4 Å². The Bertz CT molecular complexity index is 546. The van der Waals surface area contributed by atoms with Crippen molar-refractivity contribution >= 4 is 5.78 Å². The second-order valence-electron chi connectivity index (χ2n) is 9.72. The molecule has 0 aromatic carbocycles. The Labute approximate surface area is 142 Å². The van der Waals surface area contributed by atoms with Crippen LogP contribution in [0.25, 0.3) is 0 Å². The van der Waals surface area contributed by atoms with Crippen molar-refractivity contribution in [2.75, 3.05) is 0 Å². The minimum absolute atomic E-state index is 0.437. The topological polar surface area (TPSA) is 17.1 Å². The molecule has 3 fully saturated rings. The summed E-state index contributed by atoms with van der Waals surface area (Å²) >= 11 is 0. The van der Waals surface area contributed by atoms with Crippen molar-refractivity contribution in [3.05, 3.63) is 11.6 Å². The van der Waals surface area contributed by atoms with Gasteiger partial charge in [-0.05, 0) is 78.9 Å². The van der Waals surface area contributed by atoms with Gasteiger partial charge in [-0.25, -0.2) is 0 Å². The summed E-state index contributed by atoms with van der Waals surface area (Å²) in [4.78, 5) is 12.1. The van der Waals surface area contributed by atoms with E-state index in [-0.39, 0.29) is 0 Å². The Balaban J connectivity index is 1.67. The van der Waals surface area contributed by atoms with Crippen molar-refractivity contribution < 1.29 is 4.79 Å². The summed E-state index contributed by atoms with van der Waals surface area (Å²) in [6.07, 6.45) is 12.2. The van der Waals surface area contributed by atoms with Crippen LogP contribution in [0.2, 0.25) is 0 Å². The van der Waals surface area contributed by atoms with Gasteiger partial charge in [-0.2, -0.15) is 0 Å². The van der Waals surface area contributed by atoms with Crippen LogP contribution in [0.3, 0.4) is 0 Å². The lowest BCUT2D eigenvalue weighted by Crippen LogP contribution is -2.55. The van der Waals surface area contributed by atoms with E-state index in [0.717, 1.165) is 36.5 Å². The van der Waals surface area contributed by atoms with Crippen LogP contribution >= 0.6 is 0 Å². The average molecular weight is 315 g/mol. The monoisotopic (exact) mass is 314 g/mol. The number of hydrogen-bond donors (Lipinski definition) is 0. The van der Waals surface area contributed by atoms with Gasteiger partial charge in [-0.1, -0.05) is 39.3 Å². The van der Waals surface area contributed by atoms with E-state index >= 15 is 0 Å². The van der Waals surface area contributed by atoms with E-state index < -0.39 is 0 Å². The normalized spacial score (nSPS) is 52.4. The van der Waals surface area contributed by atoms with Crippen molar-refractivity contribution in [1.29, 1.82) is 0 Å². The number of hydrogen-bond acceptors (Lipinski definition) is 1. The summed E-state index contributed by atoms with van der Waals surface area (Å²) < 4.78 is 0. The predicted molar refractivity (Wildman–Crippen MR) is 95.0 cm³/mol. The average Bonchev–Trinajstić information content (AvgIpc) is 2.86. The molecule has 4 aliphatic rings. The molecule has 0 aliphatic heterocycles. The third kappa shape index (κ3) is 2.07. The van der Waals surface area contributed by atoms with Gasteiger partial charge < -0.3 is 0 Å². The van der Waals surface area contributed by atoms with Gasteiger partial charge in [0.2, 0.25) is 0 Å². The first-order chi connectivity index (χ1) is 10.9. The van der Waals surface area contributed by atoms with Crippen molar-refractivity contribution in [3.8, 4) is 0 Å². The zero-order chi connectivity index (χ0) is 16.4. The summed E-state index contributed by atoms with van der Waals surface area (Å²) in [6, 6.07) is 0. The summed E-state index contributed by atoms with van der Waals surface area (Å²) in [5, 5.41) is 0. The summed E-state index contributed by atoms with van der Waals surface area (Å²) in [5.41, 5.74) is 2.68. The number of carbonyl (C=O) groups is 1. The van der Waals surface area contributed by atoms with Crippen LogP contribution in [0.5, 0.6) is 0 Å². The molecule has 0 bridgehead atoms. The number of ketones is 1. The fourth-order valence-electron chi connectivity index (χ4n) is 7.72. The minimum atomic E-state index is 0.437. The third-order valence-corrected chi connectivity index (χ3v) is 8.97. The Kier molecular flexibility index (Phi) is 3.60. The number of carbonyl (C=O) groups excluding carboxylic acids is 1. The predicted octanol–water partition coefficient (Wildman–Crippen LogP) is 5.79. The third-order valence-electron chi connectivity index (χ3n) is 8.97. The van der Waals surface area contributed by atoms with Crippen LogP contribution in [0.4, 0.5) is 0 Å². The van der Waals surface area contributed by atoms with Gasteiger partial charge in [0.05, 0.1) is 0 Å². The van der Waals surface area contributed by atoms with E-state index in [0.29, 0.717) is 22.5 Å². The highest BCUT2D eigenvalue weighted by atomic mass is 16.1. The Morgan fingerprint density at radius 2 is 1.96 bits per heavy atom. The maximum atomic E-state index is 12.1. The fraction of sp³-hybridized carbons (Fsp3) is 0.864. The second-order valence-corrected chi connectivity index (χ2v) is 9.72. The molecule has 4 rings (SSSR count). The van der Waals surface area contributed by atoms with E-state index in [2.05, 4.69) is 33.8 Å². The lowest BCUT2D eigenvalue weighted by molar-refractivity contribution is -0.145. The Hall–Kier alpha value is -0.590. The molecule has 0 radical (unpaired) electrons. The summed E-state index contributed by atoms with van der Waals surface area (Å²) in [5.74, 6) is 4.59. The zero-order valence-electron chi connectivity index (χ0n) is 15.5. The maximum absolute atomic E-state index is 12.1. The molecule has 4 aliphatic carbocycles. The van der Waals surface area contributed by atoms with E-state index in [1.54, 1.807) is 5.57 Å². The van der Waals surface area contributed by atoms with Crippen LogP contribution in [0, 0.1) is 40.4 Å². The number of allylic oxidation sites excluding steroid dienone is 2. The van der Waals surface area contributed by atoms with Gasteiger partial charge in [0.15, 0.2) is 0 Å². The van der Waals surface area contributed by atoms with Crippen LogP contribution in [0.15, 0.2) is 11.6 Å². The highest BCUT2D eigenvalue weighted by molar-refractivity contribution is 5.79. The molecule has 0 amide bonds. The van der Waals surface area contributed by atoms with Gasteiger partial charge in [0.25, 0.3) is 0 Å². The van der Waals surface area contributed by atoms with Gasteiger partial charge in [-0.15, -0.1) is 0 Å². The number of fused-ring (bicyclic) bond motifs is 5. The van der Waals surface area contributed by atoms with Gasteiger partial charge in [0.1, 0.15) is 5.78 Å². The lowest BCUT2D eigenvalue weighted by atomic mass is 9.43. The fourth-order valence-corrected chi connectivity index (χ4v) is 7.72. The van der Waals surface area contributed by atoms with E-state index in [4.69, 9.17) is 0 Å². The Morgan fingerprint density at radius 3 is 2.70 bits per heavy atom. The molecule has 3 saturated carbocycles. The van der Waals surface area contributed by atoms with Crippen molar-refractivity contribution in [2.45, 2.75) is 79.1 Å². The van der Waals surface area contributed by atoms with Gasteiger partial charge in [-0.3, -0.25) is 4.79 Å². The Morgan fingerprint density at radius 1 is 1.17 bits per heavy atom. The molecule has 7 atom stereocenters. The van der Waals surface area contributed by atoms with Crippen LogP contribution < -0.4 is 0 Å². The van der Waals surface area contributed by atoms with Gasteiger partial charge in [0, 0.05) is 12.8 Å². The molecule has 0 N–H and O–H groups in total. The maximum Gasteiger partial charge on any atom is 0.133 e.